The van der Waals surface area contributed by atoms with E-state index < -0.39 is 0 Å². The number of hydrogen-bond donors (Lipinski definition) is 2. The van der Waals surface area contributed by atoms with Crippen molar-refractivity contribution < 1.29 is 10.2 Å². The van der Waals surface area contributed by atoms with E-state index in [1.165, 1.54) is 12.8 Å². The van der Waals surface area contributed by atoms with Gasteiger partial charge in [-0.1, -0.05) is 33.1 Å². The highest BCUT2D eigenvalue weighted by Gasteiger charge is 2.07. The van der Waals surface area contributed by atoms with Crippen molar-refractivity contribution in [1.29, 1.82) is 0 Å². The summed E-state index contributed by atoms with van der Waals surface area (Å²) in [7, 11) is 0. The number of rotatable bonds is 9. The molecule has 2 atom stereocenters. The summed E-state index contributed by atoms with van der Waals surface area (Å²) in [6.07, 6.45) is 6.92. The molecule has 0 aliphatic heterocycles. The second kappa shape index (κ2) is 9.47. The molecule has 0 aromatic heterocycles. The molecule has 2 unspecified atom stereocenters. The van der Waals surface area contributed by atoms with E-state index >= 15 is 0 Å². The lowest BCUT2D eigenvalue weighted by atomic mass is 9.94. The van der Waals surface area contributed by atoms with Gasteiger partial charge in [-0.05, 0) is 31.1 Å². The third-order valence-electron chi connectivity index (χ3n) is 2.85. The van der Waals surface area contributed by atoms with Crippen LogP contribution in [-0.4, -0.2) is 23.4 Å². The first-order valence-electron chi connectivity index (χ1n) is 5.96. The van der Waals surface area contributed by atoms with E-state index in [4.69, 9.17) is 10.2 Å². The lowest BCUT2D eigenvalue weighted by molar-refractivity contribution is 0.194. The molecular formula is C12H26O2. The maximum absolute atomic E-state index is 9.13. The van der Waals surface area contributed by atoms with Crippen molar-refractivity contribution in [3.05, 3.63) is 0 Å². The lowest BCUT2D eigenvalue weighted by Gasteiger charge is -2.14. The van der Waals surface area contributed by atoms with Gasteiger partial charge in [-0.25, -0.2) is 0 Å². The zero-order valence-electron chi connectivity index (χ0n) is 9.71. The Morgan fingerprint density at radius 2 is 1.57 bits per heavy atom. The van der Waals surface area contributed by atoms with Gasteiger partial charge in [0.05, 0.1) is 0 Å². The number of aliphatic hydroxyl groups excluding tert-OH is 2. The van der Waals surface area contributed by atoms with Crippen LogP contribution in [0.25, 0.3) is 0 Å². The van der Waals surface area contributed by atoms with Gasteiger partial charge >= 0.3 is 0 Å². The molecule has 0 saturated heterocycles. The second-order valence-corrected chi connectivity index (χ2v) is 4.41. The molecule has 0 bridgehead atoms. The molecule has 0 aliphatic carbocycles. The van der Waals surface area contributed by atoms with E-state index in [0.717, 1.165) is 25.7 Å². The van der Waals surface area contributed by atoms with Crippen LogP contribution in [0.2, 0.25) is 0 Å². The van der Waals surface area contributed by atoms with Crippen LogP contribution in [0.4, 0.5) is 0 Å². The highest BCUT2D eigenvalue weighted by molar-refractivity contribution is 4.60. The minimum Gasteiger partial charge on any atom is -0.396 e. The summed E-state index contributed by atoms with van der Waals surface area (Å²) < 4.78 is 0. The lowest BCUT2D eigenvalue weighted by Crippen LogP contribution is -2.07. The molecule has 0 fully saturated rings. The fraction of sp³-hybridized carbons (Fsp3) is 1.00. The van der Waals surface area contributed by atoms with Crippen LogP contribution >= 0.6 is 0 Å². The second-order valence-electron chi connectivity index (χ2n) is 4.41. The highest BCUT2D eigenvalue weighted by atomic mass is 16.3. The monoisotopic (exact) mass is 202 g/mol. The molecule has 0 spiro atoms. The van der Waals surface area contributed by atoms with Gasteiger partial charge in [-0.15, -0.1) is 0 Å². The van der Waals surface area contributed by atoms with Gasteiger partial charge in [-0.2, -0.15) is 0 Å². The fourth-order valence-corrected chi connectivity index (χ4v) is 1.67. The first-order valence-corrected chi connectivity index (χ1v) is 5.96. The van der Waals surface area contributed by atoms with Crippen LogP contribution in [0, 0.1) is 11.8 Å². The van der Waals surface area contributed by atoms with Gasteiger partial charge in [0.25, 0.3) is 0 Å². The largest absolute Gasteiger partial charge is 0.396 e. The Labute approximate surface area is 88.3 Å². The van der Waals surface area contributed by atoms with E-state index in [2.05, 4.69) is 13.8 Å². The van der Waals surface area contributed by atoms with Crippen LogP contribution in [0.15, 0.2) is 0 Å². The molecule has 2 nitrogen and oxygen atoms in total. The van der Waals surface area contributed by atoms with Gasteiger partial charge in [0.15, 0.2) is 0 Å². The average molecular weight is 202 g/mol. The van der Waals surface area contributed by atoms with E-state index in [0.29, 0.717) is 25.0 Å². The highest BCUT2D eigenvalue weighted by Crippen LogP contribution is 2.17. The van der Waals surface area contributed by atoms with Crippen LogP contribution < -0.4 is 0 Å². The third kappa shape index (κ3) is 7.34. The van der Waals surface area contributed by atoms with E-state index in [1.54, 1.807) is 0 Å². The van der Waals surface area contributed by atoms with E-state index in [1.807, 2.05) is 0 Å². The Morgan fingerprint density at radius 1 is 0.929 bits per heavy atom. The summed E-state index contributed by atoms with van der Waals surface area (Å²) in [6, 6.07) is 0. The van der Waals surface area contributed by atoms with E-state index in [-0.39, 0.29) is 0 Å². The van der Waals surface area contributed by atoms with Crippen LogP contribution in [0.1, 0.15) is 52.4 Å². The average Bonchev–Trinajstić information content (AvgIpc) is 2.22. The minimum atomic E-state index is 0.290. The van der Waals surface area contributed by atoms with Gasteiger partial charge in [0.2, 0.25) is 0 Å². The molecule has 0 amide bonds. The Hall–Kier alpha value is -0.0800. The summed E-state index contributed by atoms with van der Waals surface area (Å²) in [4.78, 5) is 0. The normalized spacial score (nSPS) is 15.4. The SMILES string of the molecule is CCCCC(CO)CCCC(C)CO. The molecule has 0 saturated carbocycles. The molecule has 0 rings (SSSR count). The molecule has 0 aromatic carbocycles. The Morgan fingerprint density at radius 3 is 2.07 bits per heavy atom. The van der Waals surface area contributed by atoms with Gasteiger partial charge in [-0.3, -0.25) is 0 Å². The van der Waals surface area contributed by atoms with Crippen molar-refractivity contribution in [1.82, 2.24) is 0 Å². The van der Waals surface area contributed by atoms with Crippen molar-refractivity contribution >= 4 is 0 Å². The number of aliphatic hydroxyl groups is 2. The van der Waals surface area contributed by atoms with Gasteiger partial charge in [0.1, 0.15) is 0 Å². The van der Waals surface area contributed by atoms with Crippen molar-refractivity contribution in [3.8, 4) is 0 Å². The maximum Gasteiger partial charge on any atom is 0.0459 e. The Balaban J connectivity index is 3.42. The zero-order valence-corrected chi connectivity index (χ0v) is 9.71. The van der Waals surface area contributed by atoms with E-state index in [9.17, 15) is 0 Å². The first-order chi connectivity index (χ1) is 6.74. The van der Waals surface area contributed by atoms with Crippen molar-refractivity contribution in [2.24, 2.45) is 11.8 Å². The summed E-state index contributed by atoms with van der Waals surface area (Å²) in [5.41, 5.74) is 0. The molecule has 0 aliphatic rings. The predicted octanol–water partition coefficient (Wildman–Crippen LogP) is 2.58. The summed E-state index contributed by atoms with van der Waals surface area (Å²) in [5, 5.41) is 18.0. The van der Waals surface area contributed by atoms with Crippen LogP contribution in [-0.2, 0) is 0 Å². The molecule has 86 valence electrons. The van der Waals surface area contributed by atoms with Crippen LogP contribution in [0.5, 0.6) is 0 Å². The van der Waals surface area contributed by atoms with Gasteiger partial charge in [0, 0.05) is 13.2 Å². The molecule has 0 heterocycles. The minimum absolute atomic E-state index is 0.290. The summed E-state index contributed by atoms with van der Waals surface area (Å²) in [6.45, 7) is 4.87. The molecule has 0 radical (unpaired) electrons. The maximum atomic E-state index is 9.13. The summed E-state index contributed by atoms with van der Waals surface area (Å²) >= 11 is 0. The fourth-order valence-electron chi connectivity index (χ4n) is 1.67. The zero-order chi connectivity index (χ0) is 10.8. The topological polar surface area (TPSA) is 40.5 Å². The summed E-state index contributed by atoms with van der Waals surface area (Å²) in [5.74, 6) is 0.904. The molecule has 2 heteroatoms. The van der Waals surface area contributed by atoms with Crippen LogP contribution in [0.3, 0.4) is 0 Å². The Bertz CT molecular complexity index is 115. The van der Waals surface area contributed by atoms with Gasteiger partial charge < -0.3 is 10.2 Å². The molecule has 14 heavy (non-hydrogen) atoms. The molecule has 0 aromatic rings. The first kappa shape index (κ1) is 13.9. The quantitative estimate of drug-likeness (QED) is 0.603. The molecular weight excluding hydrogens is 176 g/mol. The number of unbranched alkanes of at least 4 members (excludes halogenated alkanes) is 1. The molecule has 2 N–H and O–H groups in total. The van der Waals surface area contributed by atoms with Crippen molar-refractivity contribution in [3.63, 3.8) is 0 Å². The smallest absolute Gasteiger partial charge is 0.0459 e. The predicted molar refractivity (Wildman–Crippen MR) is 60.2 cm³/mol. The van der Waals surface area contributed by atoms with Crippen molar-refractivity contribution in [2.75, 3.05) is 13.2 Å². The van der Waals surface area contributed by atoms with Crippen molar-refractivity contribution in [2.45, 2.75) is 52.4 Å². The standard InChI is InChI=1S/C12H26O2/c1-3-4-7-12(10-14)8-5-6-11(2)9-13/h11-14H,3-10H2,1-2H3. The Kier molecular flexibility index (Phi) is 9.42. The number of hydrogen-bond acceptors (Lipinski definition) is 2. The third-order valence-corrected chi connectivity index (χ3v) is 2.85.